The van der Waals surface area contributed by atoms with Crippen molar-refractivity contribution in [3.63, 3.8) is 0 Å². The van der Waals surface area contributed by atoms with E-state index in [2.05, 4.69) is 17.4 Å². The Labute approximate surface area is 147 Å². The zero-order valence-electron chi connectivity index (χ0n) is 14.2. The molecule has 1 aliphatic rings. The van der Waals surface area contributed by atoms with Crippen molar-refractivity contribution in [2.24, 2.45) is 5.41 Å². The van der Waals surface area contributed by atoms with E-state index in [9.17, 15) is 13.6 Å². The molecule has 4 heteroatoms. The van der Waals surface area contributed by atoms with Gasteiger partial charge in [0.25, 0.3) is 5.91 Å². The molecule has 25 heavy (non-hydrogen) atoms. The summed E-state index contributed by atoms with van der Waals surface area (Å²) in [4.78, 5) is 12.3. The monoisotopic (exact) mass is 343 g/mol. The molecule has 1 saturated carbocycles. The third-order valence-corrected chi connectivity index (χ3v) is 5.15. The second-order valence-electron chi connectivity index (χ2n) is 7.00. The molecule has 1 fully saturated rings. The van der Waals surface area contributed by atoms with E-state index in [4.69, 9.17) is 0 Å². The maximum Gasteiger partial charge on any atom is 0.257 e. The van der Waals surface area contributed by atoms with Gasteiger partial charge in [-0.1, -0.05) is 55.7 Å². The summed E-state index contributed by atoms with van der Waals surface area (Å²) in [6.07, 6.45) is 6.34. The SMILES string of the molecule is O=C(NCC1(Cc2ccccc2)CCCCC1)c1c(F)cccc1F. The fourth-order valence-electron chi connectivity index (χ4n) is 3.82. The molecular formula is C21H23F2NO. The minimum Gasteiger partial charge on any atom is -0.351 e. The number of benzene rings is 2. The number of nitrogens with one attached hydrogen (secondary N) is 1. The highest BCUT2D eigenvalue weighted by Crippen LogP contribution is 2.38. The predicted molar refractivity (Wildman–Crippen MR) is 94.4 cm³/mol. The summed E-state index contributed by atoms with van der Waals surface area (Å²) in [5.74, 6) is -2.31. The average Bonchev–Trinajstić information content (AvgIpc) is 2.62. The zero-order chi connectivity index (χ0) is 17.7. The van der Waals surface area contributed by atoms with Gasteiger partial charge in [0, 0.05) is 6.54 Å². The fourth-order valence-corrected chi connectivity index (χ4v) is 3.82. The van der Waals surface area contributed by atoms with Crippen molar-refractivity contribution in [2.75, 3.05) is 6.54 Å². The summed E-state index contributed by atoms with van der Waals surface area (Å²) in [6, 6.07) is 13.7. The van der Waals surface area contributed by atoms with Gasteiger partial charge in [-0.05, 0) is 42.4 Å². The maximum atomic E-state index is 13.8. The lowest BCUT2D eigenvalue weighted by Crippen LogP contribution is -2.41. The normalized spacial score (nSPS) is 16.4. The van der Waals surface area contributed by atoms with E-state index in [0.717, 1.165) is 44.2 Å². The molecule has 3 rings (SSSR count). The Bertz CT molecular complexity index is 704. The third-order valence-electron chi connectivity index (χ3n) is 5.15. The molecule has 1 aliphatic carbocycles. The van der Waals surface area contributed by atoms with E-state index in [1.807, 2.05) is 18.2 Å². The summed E-state index contributed by atoms with van der Waals surface area (Å²) >= 11 is 0. The van der Waals surface area contributed by atoms with E-state index in [0.29, 0.717) is 6.54 Å². The molecular weight excluding hydrogens is 320 g/mol. The first-order chi connectivity index (χ1) is 12.1. The van der Waals surface area contributed by atoms with Crippen molar-refractivity contribution in [2.45, 2.75) is 38.5 Å². The molecule has 0 aliphatic heterocycles. The van der Waals surface area contributed by atoms with Crippen LogP contribution in [0.4, 0.5) is 8.78 Å². The lowest BCUT2D eigenvalue weighted by Gasteiger charge is -2.38. The van der Waals surface area contributed by atoms with Crippen LogP contribution in [0.2, 0.25) is 0 Å². The van der Waals surface area contributed by atoms with Crippen LogP contribution < -0.4 is 5.32 Å². The van der Waals surface area contributed by atoms with Gasteiger partial charge in [-0.3, -0.25) is 4.79 Å². The first-order valence-corrected chi connectivity index (χ1v) is 8.86. The van der Waals surface area contributed by atoms with Gasteiger partial charge >= 0.3 is 0 Å². The van der Waals surface area contributed by atoms with Crippen LogP contribution in [0.1, 0.15) is 48.0 Å². The van der Waals surface area contributed by atoms with Crippen LogP contribution >= 0.6 is 0 Å². The maximum absolute atomic E-state index is 13.8. The zero-order valence-corrected chi connectivity index (χ0v) is 14.2. The molecule has 2 aromatic carbocycles. The van der Waals surface area contributed by atoms with Gasteiger partial charge in [-0.2, -0.15) is 0 Å². The molecule has 0 saturated heterocycles. The Morgan fingerprint density at radius 1 is 0.920 bits per heavy atom. The Kier molecular flexibility index (Phi) is 5.47. The van der Waals surface area contributed by atoms with E-state index in [1.165, 1.54) is 18.1 Å². The number of hydrogen-bond donors (Lipinski definition) is 1. The van der Waals surface area contributed by atoms with Crippen molar-refractivity contribution in [1.82, 2.24) is 5.32 Å². The van der Waals surface area contributed by atoms with E-state index < -0.39 is 23.1 Å². The van der Waals surface area contributed by atoms with Crippen LogP contribution in [0.5, 0.6) is 0 Å². The molecule has 0 bridgehead atoms. The van der Waals surface area contributed by atoms with Gasteiger partial charge in [0.05, 0.1) is 0 Å². The molecule has 2 nitrogen and oxygen atoms in total. The highest BCUT2D eigenvalue weighted by atomic mass is 19.1. The fraction of sp³-hybridized carbons (Fsp3) is 0.381. The smallest absolute Gasteiger partial charge is 0.257 e. The second-order valence-corrected chi connectivity index (χ2v) is 7.00. The summed E-state index contributed by atoms with van der Waals surface area (Å²) in [5.41, 5.74) is 0.695. The molecule has 0 unspecified atom stereocenters. The summed E-state index contributed by atoms with van der Waals surface area (Å²) < 4.78 is 27.6. The van der Waals surface area contributed by atoms with Crippen molar-refractivity contribution in [3.8, 4) is 0 Å². The van der Waals surface area contributed by atoms with Gasteiger partial charge in [0.15, 0.2) is 0 Å². The molecule has 1 amide bonds. The van der Waals surface area contributed by atoms with Crippen LogP contribution in [0, 0.1) is 17.0 Å². The molecule has 0 atom stereocenters. The topological polar surface area (TPSA) is 29.1 Å². The molecule has 132 valence electrons. The lowest BCUT2D eigenvalue weighted by atomic mass is 9.70. The quantitative estimate of drug-likeness (QED) is 0.823. The lowest BCUT2D eigenvalue weighted by molar-refractivity contribution is 0.0900. The largest absolute Gasteiger partial charge is 0.351 e. The molecule has 0 radical (unpaired) electrons. The average molecular weight is 343 g/mol. The van der Waals surface area contributed by atoms with E-state index in [-0.39, 0.29) is 5.41 Å². The second kappa shape index (κ2) is 7.77. The highest BCUT2D eigenvalue weighted by Gasteiger charge is 2.33. The van der Waals surface area contributed by atoms with Gasteiger partial charge in [-0.15, -0.1) is 0 Å². The number of hydrogen-bond acceptors (Lipinski definition) is 1. The molecule has 0 heterocycles. The van der Waals surface area contributed by atoms with Crippen molar-refractivity contribution < 1.29 is 13.6 Å². The highest BCUT2D eigenvalue weighted by molar-refractivity contribution is 5.94. The van der Waals surface area contributed by atoms with Gasteiger partial charge < -0.3 is 5.32 Å². The van der Waals surface area contributed by atoms with Gasteiger partial charge in [0.1, 0.15) is 17.2 Å². The standard InChI is InChI=1S/C21H23F2NO/c22-17-10-7-11-18(23)19(17)20(25)24-15-21(12-5-2-6-13-21)14-16-8-3-1-4-9-16/h1,3-4,7-11H,2,5-6,12-15H2,(H,24,25). The van der Waals surface area contributed by atoms with Crippen molar-refractivity contribution >= 4 is 5.91 Å². The first kappa shape index (κ1) is 17.6. The summed E-state index contributed by atoms with van der Waals surface area (Å²) in [5, 5.41) is 2.79. The third kappa shape index (κ3) is 4.25. The molecule has 0 aromatic heterocycles. The number of halogens is 2. The number of amides is 1. The van der Waals surface area contributed by atoms with Crippen molar-refractivity contribution in [3.05, 3.63) is 71.3 Å². The van der Waals surface area contributed by atoms with E-state index in [1.54, 1.807) is 0 Å². The molecule has 0 spiro atoms. The van der Waals surface area contributed by atoms with Crippen LogP contribution in [-0.2, 0) is 6.42 Å². The van der Waals surface area contributed by atoms with Gasteiger partial charge in [-0.25, -0.2) is 8.78 Å². The van der Waals surface area contributed by atoms with Crippen LogP contribution in [-0.4, -0.2) is 12.5 Å². The van der Waals surface area contributed by atoms with E-state index >= 15 is 0 Å². The van der Waals surface area contributed by atoms with Crippen LogP contribution in [0.25, 0.3) is 0 Å². The molecule has 1 N–H and O–H groups in total. The minimum atomic E-state index is -0.821. The summed E-state index contributed by atoms with van der Waals surface area (Å²) in [6.45, 7) is 0.439. The Morgan fingerprint density at radius 3 is 2.20 bits per heavy atom. The minimum absolute atomic E-state index is 0.0446. The first-order valence-electron chi connectivity index (χ1n) is 8.86. The Morgan fingerprint density at radius 2 is 1.56 bits per heavy atom. The van der Waals surface area contributed by atoms with Crippen molar-refractivity contribution in [1.29, 1.82) is 0 Å². The Hall–Kier alpha value is -2.23. The Balaban J connectivity index is 1.74. The number of rotatable bonds is 5. The number of carbonyl (C=O) groups excluding carboxylic acids is 1. The predicted octanol–water partition coefficient (Wildman–Crippen LogP) is 4.89. The van der Waals surface area contributed by atoms with Crippen LogP contribution in [0.3, 0.4) is 0 Å². The number of carbonyl (C=O) groups is 1. The van der Waals surface area contributed by atoms with Crippen LogP contribution in [0.15, 0.2) is 48.5 Å². The summed E-state index contributed by atoms with van der Waals surface area (Å²) in [7, 11) is 0. The molecule has 2 aromatic rings. The van der Waals surface area contributed by atoms with Gasteiger partial charge in [0.2, 0.25) is 0 Å².